The number of piperidine rings is 1. The van der Waals surface area contributed by atoms with E-state index in [9.17, 15) is 4.79 Å². The molecule has 0 atom stereocenters. The lowest BCUT2D eigenvalue weighted by molar-refractivity contribution is -0.142. The van der Waals surface area contributed by atoms with Gasteiger partial charge in [-0.3, -0.25) is 4.79 Å². The number of thiazole rings is 1. The summed E-state index contributed by atoms with van der Waals surface area (Å²) in [6, 6.07) is 5.88. The Balaban J connectivity index is 1.20. The van der Waals surface area contributed by atoms with Gasteiger partial charge in [0.15, 0.2) is 9.96 Å². The number of fused-ring (bicyclic) bond motifs is 2. The van der Waals surface area contributed by atoms with Crippen molar-refractivity contribution in [2.24, 2.45) is 0 Å². The van der Waals surface area contributed by atoms with Crippen LogP contribution in [0, 0.1) is 0 Å². The molecule has 0 saturated carbocycles. The van der Waals surface area contributed by atoms with Gasteiger partial charge in [0.05, 0.1) is 12.8 Å². The first kappa shape index (κ1) is 23.1. The van der Waals surface area contributed by atoms with E-state index < -0.39 is 0 Å². The van der Waals surface area contributed by atoms with Gasteiger partial charge in [0, 0.05) is 43.6 Å². The minimum Gasteiger partial charge on any atom is -0.487 e. The topological polar surface area (TPSA) is 98.7 Å². The van der Waals surface area contributed by atoms with Crippen LogP contribution in [0.3, 0.4) is 0 Å². The van der Waals surface area contributed by atoms with Crippen molar-refractivity contribution in [3.8, 4) is 5.75 Å². The Labute approximate surface area is 206 Å². The number of nitrogens with zero attached hydrogens (tertiary/aromatic N) is 4. The van der Waals surface area contributed by atoms with Crippen LogP contribution in [-0.2, 0) is 20.7 Å². The van der Waals surface area contributed by atoms with Crippen LogP contribution < -0.4 is 15.0 Å². The number of hydrogen-bond donors (Lipinski definition) is 1. The third-order valence-corrected chi connectivity index (χ3v) is 7.54. The number of carbonyl (C=O) groups is 1. The second-order valence-corrected chi connectivity index (χ2v) is 9.82. The van der Waals surface area contributed by atoms with E-state index in [4.69, 9.17) is 30.8 Å². The summed E-state index contributed by atoms with van der Waals surface area (Å²) in [6.07, 6.45) is 5.45. The molecular weight excluding hydrogens is 478 g/mol. The minimum atomic E-state index is -0.361. The van der Waals surface area contributed by atoms with Gasteiger partial charge < -0.3 is 24.4 Å². The first-order valence-electron chi connectivity index (χ1n) is 11.3. The Morgan fingerprint density at radius 3 is 2.94 bits per heavy atom. The molecular formula is C23H26ClN5O4S. The number of rotatable bonds is 7. The quantitative estimate of drug-likeness (QED) is 0.382. The molecule has 0 bridgehead atoms. The molecule has 4 heterocycles. The fraction of sp³-hybridized carbons (Fsp3) is 0.478. The highest BCUT2D eigenvalue weighted by atomic mass is 35.5. The summed E-state index contributed by atoms with van der Waals surface area (Å²) in [6.45, 7) is 2.27. The molecule has 1 aromatic carbocycles. The summed E-state index contributed by atoms with van der Waals surface area (Å²) in [5, 5.41) is 4.39. The highest BCUT2D eigenvalue weighted by Crippen LogP contribution is 2.42. The lowest BCUT2D eigenvalue weighted by Crippen LogP contribution is -2.50. The molecule has 0 aliphatic carbocycles. The number of ether oxygens (including phenoxy) is 3. The van der Waals surface area contributed by atoms with Crippen LogP contribution in [0.4, 0.5) is 11.1 Å². The maximum atomic E-state index is 11.8. The van der Waals surface area contributed by atoms with Crippen molar-refractivity contribution in [2.45, 2.75) is 31.3 Å². The van der Waals surface area contributed by atoms with Crippen LogP contribution >= 0.6 is 22.9 Å². The molecule has 0 amide bonds. The number of aromatic nitrogens is 3. The molecule has 1 N–H and O–H groups in total. The van der Waals surface area contributed by atoms with Gasteiger partial charge in [0.2, 0.25) is 5.95 Å². The van der Waals surface area contributed by atoms with Crippen molar-refractivity contribution in [1.29, 1.82) is 0 Å². The van der Waals surface area contributed by atoms with Crippen LogP contribution in [0.1, 0.15) is 24.8 Å². The molecule has 11 heteroatoms. The van der Waals surface area contributed by atoms with Gasteiger partial charge in [-0.2, -0.15) is 4.98 Å². The summed E-state index contributed by atoms with van der Waals surface area (Å²) < 4.78 is 16.4. The fourth-order valence-corrected chi connectivity index (χ4v) is 5.43. The molecule has 1 spiro atoms. The highest BCUT2D eigenvalue weighted by molar-refractivity contribution is 7.21. The van der Waals surface area contributed by atoms with Crippen molar-refractivity contribution < 1.29 is 19.0 Å². The van der Waals surface area contributed by atoms with Gasteiger partial charge in [-0.05, 0) is 25.0 Å². The van der Waals surface area contributed by atoms with E-state index in [-0.39, 0.29) is 24.7 Å². The first-order chi connectivity index (χ1) is 16.5. The number of hydrogen-bond acceptors (Lipinski definition) is 10. The zero-order valence-electron chi connectivity index (χ0n) is 18.9. The SMILES string of the molecule is COCCOC(=O)CNc1nc2cnc(N3CCC4(CCc5c(Cl)cccc5O4)CC3)nc2s1. The number of methoxy groups -OCH3 is 1. The first-order valence-corrected chi connectivity index (χ1v) is 12.5. The normalized spacial score (nSPS) is 16.8. The smallest absolute Gasteiger partial charge is 0.325 e. The zero-order chi connectivity index (χ0) is 23.5. The van der Waals surface area contributed by atoms with Gasteiger partial charge in [-0.1, -0.05) is 29.0 Å². The Morgan fingerprint density at radius 1 is 1.26 bits per heavy atom. The summed E-state index contributed by atoms with van der Waals surface area (Å²) in [5.74, 6) is 1.24. The van der Waals surface area contributed by atoms with Crippen LogP contribution in [-0.4, -0.2) is 66.5 Å². The Bertz CT molecular complexity index is 1180. The monoisotopic (exact) mass is 503 g/mol. The van der Waals surface area contributed by atoms with Crippen LogP contribution in [0.25, 0.3) is 10.3 Å². The third kappa shape index (κ3) is 4.89. The van der Waals surface area contributed by atoms with Crippen molar-refractivity contribution in [2.75, 3.05) is 50.2 Å². The molecule has 3 aromatic rings. The number of halogens is 1. The standard InChI is InChI=1S/C23H26ClN5O4S/c1-31-11-12-32-19(30)14-26-22-27-17-13-25-21(28-20(17)34-22)29-9-7-23(8-10-29)6-5-15-16(24)3-2-4-18(15)33-23/h2-4,13H,5-12,14H2,1H3,(H,26,27). The molecule has 2 aliphatic rings. The lowest BCUT2D eigenvalue weighted by atomic mass is 9.83. The Morgan fingerprint density at radius 2 is 2.12 bits per heavy atom. The third-order valence-electron chi connectivity index (χ3n) is 6.26. The number of carbonyl (C=O) groups excluding carboxylic acids is 1. The van der Waals surface area contributed by atoms with Crippen molar-refractivity contribution in [3.63, 3.8) is 0 Å². The molecule has 9 nitrogen and oxygen atoms in total. The molecule has 5 rings (SSSR count). The van der Waals surface area contributed by atoms with E-state index in [0.717, 1.165) is 59.9 Å². The largest absolute Gasteiger partial charge is 0.487 e. The number of anilines is 2. The van der Waals surface area contributed by atoms with E-state index in [0.29, 0.717) is 23.2 Å². The van der Waals surface area contributed by atoms with E-state index in [1.54, 1.807) is 13.3 Å². The molecule has 34 heavy (non-hydrogen) atoms. The predicted octanol–water partition coefficient (Wildman–Crippen LogP) is 3.71. The van der Waals surface area contributed by atoms with Gasteiger partial charge in [-0.15, -0.1) is 0 Å². The van der Waals surface area contributed by atoms with E-state index in [1.165, 1.54) is 11.3 Å². The number of esters is 1. The number of benzene rings is 1. The molecule has 180 valence electrons. The summed E-state index contributed by atoms with van der Waals surface area (Å²) in [5.41, 5.74) is 1.66. The molecule has 2 aliphatic heterocycles. The van der Waals surface area contributed by atoms with Crippen molar-refractivity contribution in [3.05, 3.63) is 35.0 Å². The molecule has 0 unspecified atom stereocenters. The van der Waals surface area contributed by atoms with E-state index in [2.05, 4.69) is 20.2 Å². The Hall–Kier alpha value is -2.69. The number of nitrogens with one attached hydrogen (secondary N) is 1. The Kier molecular flexibility index (Phi) is 6.71. The molecule has 2 aromatic heterocycles. The second-order valence-electron chi connectivity index (χ2n) is 8.43. The molecule has 0 radical (unpaired) electrons. The lowest BCUT2D eigenvalue weighted by Gasteiger charge is -2.44. The van der Waals surface area contributed by atoms with Gasteiger partial charge >= 0.3 is 5.97 Å². The van der Waals surface area contributed by atoms with Gasteiger partial charge in [-0.25, -0.2) is 9.97 Å². The summed E-state index contributed by atoms with van der Waals surface area (Å²) >= 11 is 7.73. The average Bonchev–Trinajstić information content (AvgIpc) is 3.26. The van der Waals surface area contributed by atoms with E-state index in [1.807, 2.05) is 18.2 Å². The minimum absolute atomic E-state index is 0.0341. The maximum Gasteiger partial charge on any atom is 0.325 e. The van der Waals surface area contributed by atoms with Crippen LogP contribution in [0.15, 0.2) is 24.4 Å². The van der Waals surface area contributed by atoms with Crippen LogP contribution in [0.5, 0.6) is 5.75 Å². The molecule has 1 saturated heterocycles. The second kappa shape index (κ2) is 9.89. The van der Waals surface area contributed by atoms with Crippen LogP contribution in [0.2, 0.25) is 5.02 Å². The fourth-order valence-electron chi connectivity index (χ4n) is 4.37. The highest BCUT2D eigenvalue weighted by Gasteiger charge is 2.40. The van der Waals surface area contributed by atoms with Crippen molar-refractivity contribution in [1.82, 2.24) is 15.0 Å². The summed E-state index contributed by atoms with van der Waals surface area (Å²) in [4.78, 5) is 28.5. The summed E-state index contributed by atoms with van der Waals surface area (Å²) in [7, 11) is 1.56. The van der Waals surface area contributed by atoms with Gasteiger partial charge in [0.1, 0.15) is 30.0 Å². The predicted molar refractivity (Wildman–Crippen MR) is 131 cm³/mol. The maximum absolute atomic E-state index is 11.8. The van der Waals surface area contributed by atoms with E-state index >= 15 is 0 Å². The average molecular weight is 504 g/mol. The van der Waals surface area contributed by atoms with Crippen molar-refractivity contribution >= 4 is 50.3 Å². The van der Waals surface area contributed by atoms with Gasteiger partial charge in [0.25, 0.3) is 0 Å². The molecule has 1 fully saturated rings. The zero-order valence-corrected chi connectivity index (χ0v) is 20.5.